The van der Waals surface area contributed by atoms with Crippen LogP contribution in [0, 0.1) is 6.92 Å². The van der Waals surface area contributed by atoms with Gasteiger partial charge in [-0.25, -0.2) is 0 Å². The van der Waals surface area contributed by atoms with E-state index in [1.165, 1.54) is 27.7 Å². The lowest BCUT2D eigenvalue weighted by Crippen LogP contribution is -2.01. The van der Waals surface area contributed by atoms with Gasteiger partial charge in [0.15, 0.2) is 0 Å². The molecule has 0 radical (unpaired) electrons. The van der Waals surface area contributed by atoms with Crippen molar-refractivity contribution in [1.82, 2.24) is 4.57 Å². The summed E-state index contributed by atoms with van der Waals surface area (Å²) in [5, 5.41) is 1.22. The second-order valence-corrected chi connectivity index (χ2v) is 6.35. The molecule has 0 bridgehead atoms. The van der Waals surface area contributed by atoms with Gasteiger partial charge in [-0.3, -0.25) is 0 Å². The molecule has 3 aromatic carbocycles. The molecule has 0 aliphatic rings. The van der Waals surface area contributed by atoms with Gasteiger partial charge >= 0.3 is 0 Å². The Morgan fingerprint density at radius 2 is 1.44 bits per heavy atom. The molecule has 0 saturated carbocycles. The number of hydrogen-bond donors (Lipinski definition) is 0. The van der Waals surface area contributed by atoms with Gasteiger partial charge in [0.1, 0.15) is 12.4 Å². The molecule has 0 amide bonds. The summed E-state index contributed by atoms with van der Waals surface area (Å²) in [6, 6.07) is 29.4. The van der Waals surface area contributed by atoms with Gasteiger partial charge in [0.25, 0.3) is 0 Å². The van der Waals surface area contributed by atoms with E-state index >= 15 is 0 Å². The molecule has 124 valence electrons. The van der Waals surface area contributed by atoms with Gasteiger partial charge in [0, 0.05) is 23.1 Å². The van der Waals surface area contributed by atoms with Gasteiger partial charge in [-0.1, -0.05) is 60.7 Å². The van der Waals surface area contributed by atoms with E-state index in [0.29, 0.717) is 6.61 Å². The molecule has 0 aliphatic carbocycles. The number of rotatable bonds is 5. The van der Waals surface area contributed by atoms with E-state index in [1.54, 1.807) is 0 Å². The van der Waals surface area contributed by atoms with Crippen LogP contribution in [0.25, 0.3) is 10.9 Å². The second kappa shape index (κ2) is 6.86. The van der Waals surface area contributed by atoms with Crippen molar-refractivity contribution in [3.8, 4) is 5.75 Å². The van der Waals surface area contributed by atoms with E-state index < -0.39 is 0 Å². The Morgan fingerprint density at radius 3 is 2.16 bits per heavy atom. The van der Waals surface area contributed by atoms with Crippen molar-refractivity contribution in [3.05, 3.63) is 102 Å². The van der Waals surface area contributed by atoms with Crippen LogP contribution in [0.15, 0.2) is 84.9 Å². The van der Waals surface area contributed by atoms with Crippen molar-refractivity contribution in [3.63, 3.8) is 0 Å². The Balaban J connectivity index is 1.57. The predicted molar refractivity (Wildman–Crippen MR) is 103 cm³/mol. The Hall–Kier alpha value is -3.00. The zero-order chi connectivity index (χ0) is 17.1. The van der Waals surface area contributed by atoms with Crippen molar-refractivity contribution in [2.45, 2.75) is 20.1 Å². The predicted octanol–water partition coefficient (Wildman–Crippen LogP) is 5.58. The maximum absolute atomic E-state index is 5.96. The van der Waals surface area contributed by atoms with Gasteiger partial charge in [-0.2, -0.15) is 0 Å². The van der Waals surface area contributed by atoms with Gasteiger partial charge in [-0.05, 0) is 42.3 Å². The number of benzene rings is 3. The van der Waals surface area contributed by atoms with Crippen molar-refractivity contribution < 1.29 is 4.74 Å². The first-order valence-corrected chi connectivity index (χ1v) is 8.60. The van der Waals surface area contributed by atoms with Crippen LogP contribution in [0.5, 0.6) is 5.75 Å². The third kappa shape index (κ3) is 3.43. The number of fused-ring (bicyclic) bond motifs is 1. The van der Waals surface area contributed by atoms with Crippen LogP contribution < -0.4 is 4.74 Å². The van der Waals surface area contributed by atoms with Crippen LogP contribution in [0.3, 0.4) is 0 Å². The maximum Gasteiger partial charge on any atom is 0.120 e. The molecule has 0 spiro atoms. The molecule has 2 heteroatoms. The van der Waals surface area contributed by atoms with Crippen molar-refractivity contribution in [1.29, 1.82) is 0 Å². The Bertz CT molecular complexity index is 971. The average molecular weight is 327 g/mol. The van der Waals surface area contributed by atoms with E-state index in [-0.39, 0.29) is 0 Å². The SMILES string of the molecule is Cc1cc2cc(OCc3ccccc3)ccc2n1Cc1ccccc1. The summed E-state index contributed by atoms with van der Waals surface area (Å²) < 4.78 is 8.31. The number of aromatic nitrogens is 1. The third-order valence-corrected chi connectivity index (χ3v) is 4.51. The van der Waals surface area contributed by atoms with E-state index in [1.807, 2.05) is 18.2 Å². The normalized spacial score (nSPS) is 10.9. The quantitative estimate of drug-likeness (QED) is 0.467. The summed E-state index contributed by atoms with van der Waals surface area (Å²) in [6.07, 6.45) is 0. The molecular formula is C23H21NO. The molecule has 0 aliphatic heterocycles. The van der Waals surface area contributed by atoms with Crippen LogP contribution in [-0.2, 0) is 13.2 Å². The molecule has 0 N–H and O–H groups in total. The van der Waals surface area contributed by atoms with Crippen molar-refractivity contribution in [2.24, 2.45) is 0 Å². The molecular weight excluding hydrogens is 306 g/mol. The molecule has 2 nitrogen and oxygen atoms in total. The number of aryl methyl sites for hydroxylation is 1. The van der Waals surface area contributed by atoms with E-state index in [9.17, 15) is 0 Å². The fourth-order valence-corrected chi connectivity index (χ4v) is 3.19. The fourth-order valence-electron chi connectivity index (χ4n) is 3.19. The van der Waals surface area contributed by atoms with Crippen LogP contribution in [-0.4, -0.2) is 4.57 Å². The van der Waals surface area contributed by atoms with Gasteiger partial charge in [-0.15, -0.1) is 0 Å². The highest BCUT2D eigenvalue weighted by Crippen LogP contribution is 2.26. The highest BCUT2D eigenvalue weighted by Gasteiger charge is 2.07. The number of ether oxygens (including phenoxy) is 1. The van der Waals surface area contributed by atoms with Gasteiger partial charge in [0.05, 0.1) is 0 Å². The van der Waals surface area contributed by atoms with Crippen LogP contribution in [0.4, 0.5) is 0 Å². The summed E-state index contributed by atoms with van der Waals surface area (Å²) in [5.41, 5.74) is 5.00. The molecule has 1 heterocycles. The first-order chi connectivity index (χ1) is 12.3. The summed E-state index contributed by atoms with van der Waals surface area (Å²) in [7, 11) is 0. The molecule has 0 fully saturated rings. The first-order valence-electron chi connectivity index (χ1n) is 8.60. The second-order valence-electron chi connectivity index (χ2n) is 6.35. The van der Waals surface area contributed by atoms with Crippen molar-refractivity contribution >= 4 is 10.9 Å². The maximum atomic E-state index is 5.96. The van der Waals surface area contributed by atoms with Crippen molar-refractivity contribution in [2.75, 3.05) is 0 Å². The van der Waals surface area contributed by atoms with E-state index in [4.69, 9.17) is 4.74 Å². The monoisotopic (exact) mass is 327 g/mol. The molecule has 4 aromatic rings. The summed E-state index contributed by atoms with van der Waals surface area (Å²) in [4.78, 5) is 0. The zero-order valence-corrected chi connectivity index (χ0v) is 14.4. The first kappa shape index (κ1) is 15.5. The number of nitrogens with zero attached hydrogens (tertiary/aromatic N) is 1. The molecule has 4 rings (SSSR count). The molecule has 0 unspecified atom stereocenters. The minimum atomic E-state index is 0.593. The Kier molecular flexibility index (Phi) is 4.26. The molecule has 25 heavy (non-hydrogen) atoms. The highest BCUT2D eigenvalue weighted by atomic mass is 16.5. The lowest BCUT2D eigenvalue weighted by atomic mass is 10.2. The fraction of sp³-hybridized carbons (Fsp3) is 0.130. The number of hydrogen-bond acceptors (Lipinski definition) is 1. The van der Waals surface area contributed by atoms with Crippen LogP contribution in [0.1, 0.15) is 16.8 Å². The molecule has 0 atom stereocenters. The lowest BCUT2D eigenvalue weighted by Gasteiger charge is -2.10. The minimum absolute atomic E-state index is 0.593. The standard InChI is InChI=1S/C23H21NO/c1-18-14-21-15-22(25-17-20-10-6-3-7-11-20)12-13-23(21)24(18)16-19-8-4-2-5-9-19/h2-15H,16-17H2,1H3. The van der Waals surface area contributed by atoms with E-state index in [0.717, 1.165) is 12.3 Å². The average Bonchev–Trinajstić information content (AvgIpc) is 2.96. The highest BCUT2D eigenvalue weighted by molar-refractivity contribution is 5.83. The van der Waals surface area contributed by atoms with Gasteiger partial charge in [0.2, 0.25) is 0 Å². The smallest absolute Gasteiger partial charge is 0.120 e. The summed E-state index contributed by atoms with van der Waals surface area (Å²) >= 11 is 0. The Labute approximate surface area is 148 Å². The van der Waals surface area contributed by atoms with Gasteiger partial charge < -0.3 is 9.30 Å². The Morgan fingerprint density at radius 1 is 0.760 bits per heavy atom. The zero-order valence-electron chi connectivity index (χ0n) is 14.4. The summed E-state index contributed by atoms with van der Waals surface area (Å²) in [5.74, 6) is 0.910. The largest absolute Gasteiger partial charge is 0.489 e. The van der Waals surface area contributed by atoms with E-state index in [2.05, 4.69) is 78.2 Å². The van der Waals surface area contributed by atoms with Crippen LogP contribution in [0.2, 0.25) is 0 Å². The minimum Gasteiger partial charge on any atom is -0.489 e. The van der Waals surface area contributed by atoms with Crippen LogP contribution >= 0.6 is 0 Å². The lowest BCUT2D eigenvalue weighted by molar-refractivity contribution is 0.306. The topological polar surface area (TPSA) is 14.2 Å². The third-order valence-electron chi connectivity index (χ3n) is 4.51. The summed E-state index contributed by atoms with van der Waals surface area (Å²) in [6.45, 7) is 3.64. The molecule has 0 saturated heterocycles. The molecule has 1 aromatic heterocycles.